The van der Waals surface area contributed by atoms with E-state index in [9.17, 15) is 4.79 Å². The van der Waals surface area contributed by atoms with Gasteiger partial charge in [-0.1, -0.05) is 57.9 Å². The SMILES string of the molecule is O=C(Nc1ccc(Br)cc1Cl)c1ccc(OCc2ccccc2)cc1. The second kappa shape index (κ2) is 8.19. The zero-order valence-electron chi connectivity index (χ0n) is 13.2. The maximum absolute atomic E-state index is 12.3. The van der Waals surface area contributed by atoms with Gasteiger partial charge in [0.2, 0.25) is 0 Å². The first-order valence-corrected chi connectivity index (χ1v) is 8.82. The maximum Gasteiger partial charge on any atom is 0.255 e. The molecular formula is C20H15BrClNO2. The topological polar surface area (TPSA) is 38.3 Å². The number of rotatable bonds is 5. The van der Waals surface area contributed by atoms with Crippen LogP contribution in [0.1, 0.15) is 15.9 Å². The first-order chi connectivity index (χ1) is 12.1. The highest BCUT2D eigenvalue weighted by Gasteiger charge is 2.09. The Bertz CT molecular complexity index is 867. The van der Waals surface area contributed by atoms with Crippen LogP contribution in [-0.2, 0) is 6.61 Å². The van der Waals surface area contributed by atoms with E-state index in [0.717, 1.165) is 10.0 Å². The highest BCUT2D eigenvalue weighted by atomic mass is 79.9. The largest absolute Gasteiger partial charge is 0.489 e. The zero-order valence-corrected chi connectivity index (χ0v) is 15.5. The molecule has 25 heavy (non-hydrogen) atoms. The Morgan fingerprint density at radius 2 is 1.72 bits per heavy atom. The molecule has 3 nitrogen and oxygen atoms in total. The van der Waals surface area contributed by atoms with Crippen molar-refractivity contribution in [1.29, 1.82) is 0 Å². The maximum atomic E-state index is 12.3. The van der Waals surface area contributed by atoms with Gasteiger partial charge in [-0.05, 0) is 48.0 Å². The van der Waals surface area contributed by atoms with Gasteiger partial charge in [0, 0.05) is 10.0 Å². The summed E-state index contributed by atoms with van der Waals surface area (Å²) < 4.78 is 6.58. The van der Waals surface area contributed by atoms with Crippen molar-refractivity contribution in [3.8, 4) is 5.75 Å². The van der Waals surface area contributed by atoms with Gasteiger partial charge in [-0.2, -0.15) is 0 Å². The molecule has 0 saturated heterocycles. The molecule has 0 saturated carbocycles. The summed E-state index contributed by atoms with van der Waals surface area (Å²) >= 11 is 9.46. The van der Waals surface area contributed by atoms with Gasteiger partial charge in [0.05, 0.1) is 10.7 Å². The van der Waals surface area contributed by atoms with Crippen molar-refractivity contribution >= 4 is 39.1 Å². The quantitative estimate of drug-likeness (QED) is 0.559. The molecule has 0 unspecified atom stereocenters. The van der Waals surface area contributed by atoms with Gasteiger partial charge in [0.25, 0.3) is 5.91 Å². The van der Waals surface area contributed by atoms with Crippen LogP contribution in [0.15, 0.2) is 77.3 Å². The van der Waals surface area contributed by atoms with Gasteiger partial charge < -0.3 is 10.1 Å². The van der Waals surface area contributed by atoms with Gasteiger partial charge in [0.15, 0.2) is 0 Å². The third-order valence-electron chi connectivity index (χ3n) is 3.54. The molecule has 3 aromatic rings. The van der Waals surface area contributed by atoms with Crippen LogP contribution in [-0.4, -0.2) is 5.91 Å². The molecule has 0 aliphatic rings. The molecule has 0 atom stereocenters. The summed E-state index contributed by atoms with van der Waals surface area (Å²) in [5.41, 5.74) is 2.19. The van der Waals surface area contributed by atoms with E-state index in [2.05, 4.69) is 21.2 Å². The molecule has 1 amide bonds. The summed E-state index contributed by atoms with van der Waals surface area (Å²) in [5, 5.41) is 3.28. The first kappa shape index (κ1) is 17.5. The Morgan fingerprint density at radius 1 is 1.00 bits per heavy atom. The van der Waals surface area contributed by atoms with Gasteiger partial charge in [0.1, 0.15) is 12.4 Å². The summed E-state index contributed by atoms with van der Waals surface area (Å²) in [4.78, 5) is 12.3. The number of hydrogen-bond acceptors (Lipinski definition) is 2. The lowest BCUT2D eigenvalue weighted by Crippen LogP contribution is -2.12. The number of hydrogen-bond donors (Lipinski definition) is 1. The Morgan fingerprint density at radius 3 is 2.40 bits per heavy atom. The molecule has 0 aliphatic heterocycles. The number of ether oxygens (including phenoxy) is 1. The molecule has 0 aliphatic carbocycles. The molecular weight excluding hydrogens is 402 g/mol. The van der Waals surface area contributed by atoms with Crippen LogP contribution in [0, 0.1) is 0 Å². The van der Waals surface area contributed by atoms with Crippen LogP contribution >= 0.6 is 27.5 Å². The number of nitrogens with one attached hydrogen (secondary N) is 1. The minimum Gasteiger partial charge on any atom is -0.489 e. The highest BCUT2D eigenvalue weighted by Crippen LogP contribution is 2.26. The fourth-order valence-electron chi connectivity index (χ4n) is 2.23. The number of carbonyl (C=O) groups excluding carboxylic acids is 1. The number of anilines is 1. The second-order valence-corrected chi connectivity index (χ2v) is 6.70. The Balaban J connectivity index is 1.62. The normalized spacial score (nSPS) is 10.3. The van der Waals surface area contributed by atoms with Crippen molar-refractivity contribution in [2.24, 2.45) is 0 Å². The van der Waals surface area contributed by atoms with Crippen LogP contribution in [0.4, 0.5) is 5.69 Å². The lowest BCUT2D eigenvalue weighted by atomic mass is 10.2. The van der Waals surface area contributed by atoms with Gasteiger partial charge in [-0.3, -0.25) is 4.79 Å². The molecule has 0 radical (unpaired) electrons. The predicted molar refractivity (Wildman–Crippen MR) is 104 cm³/mol. The molecule has 1 N–H and O–H groups in total. The van der Waals surface area contributed by atoms with E-state index in [0.29, 0.717) is 28.6 Å². The highest BCUT2D eigenvalue weighted by molar-refractivity contribution is 9.10. The van der Waals surface area contributed by atoms with E-state index in [4.69, 9.17) is 16.3 Å². The summed E-state index contributed by atoms with van der Waals surface area (Å²) in [7, 11) is 0. The van der Waals surface area contributed by atoms with Crippen molar-refractivity contribution in [1.82, 2.24) is 0 Å². The second-order valence-electron chi connectivity index (χ2n) is 5.38. The molecule has 126 valence electrons. The fourth-order valence-corrected chi connectivity index (χ4v) is 2.95. The van der Waals surface area contributed by atoms with Crippen molar-refractivity contribution in [2.75, 3.05) is 5.32 Å². The molecule has 0 aromatic heterocycles. The lowest BCUT2D eigenvalue weighted by Gasteiger charge is -2.09. The summed E-state index contributed by atoms with van der Waals surface area (Å²) in [5.74, 6) is 0.487. The molecule has 0 bridgehead atoms. The van der Waals surface area contributed by atoms with Crippen molar-refractivity contribution in [3.05, 3.63) is 93.4 Å². The lowest BCUT2D eigenvalue weighted by molar-refractivity contribution is 0.102. The van der Waals surface area contributed by atoms with E-state index in [1.165, 1.54) is 0 Å². The van der Waals surface area contributed by atoms with Gasteiger partial charge in [-0.15, -0.1) is 0 Å². The van der Waals surface area contributed by atoms with Crippen LogP contribution in [0.25, 0.3) is 0 Å². The van der Waals surface area contributed by atoms with Gasteiger partial charge in [-0.25, -0.2) is 0 Å². The predicted octanol–water partition coefficient (Wildman–Crippen LogP) is 5.93. The minimum absolute atomic E-state index is 0.223. The third-order valence-corrected chi connectivity index (χ3v) is 4.35. The summed E-state index contributed by atoms with van der Waals surface area (Å²) in [6.45, 7) is 0.487. The molecule has 0 heterocycles. The van der Waals surface area contributed by atoms with E-state index < -0.39 is 0 Å². The Hall–Kier alpha value is -2.30. The number of carbonyl (C=O) groups is 1. The van der Waals surface area contributed by atoms with Crippen molar-refractivity contribution in [3.63, 3.8) is 0 Å². The molecule has 3 aromatic carbocycles. The zero-order chi connectivity index (χ0) is 17.6. The number of amides is 1. The third kappa shape index (κ3) is 4.84. The average molecular weight is 417 g/mol. The summed E-state index contributed by atoms with van der Waals surface area (Å²) in [6.07, 6.45) is 0. The minimum atomic E-state index is -0.223. The summed E-state index contributed by atoms with van der Waals surface area (Å²) in [6, 6.07) is 22.2. The van der Waals surface area contributed by atoms with E-state index in [-0.39, 0.29) is 5.91 Å². The average Bonchev–Trinajstić information content (AvgIpc) is 2.63. The Kier molecular flexibility index (Phi) is 5.74. The smallest absolute Gasteiger partial charge is 0.255 e. The van der Waals surface area contributed by atoms with Crippen LogP contribution < -0.4 is 10.1 Å². The van der Waals surface area contributed by atoms with Gasteiger partial charge >= 0.3 is 0 Å². The Labute approximate surface area is 159 Å². The van der Waals surface area contributed by atoms with Crippen LogP contribution in [0.5, 0.6) is 5.75 Å². The van der Waals surface area contributed by atoms with Crippen LogP contribution in [0.3, 0.4) is 0 Å². The van der Waals surface area contributed by atoms with E-state index >= 15 is 0 Å². The molecule has 0 fully saturated rings. The number of benzene rings is 3. The standard InChI is InChI=1S/C20H15BrClNO2/c21-16-8-11-19(18(22)12-16)23-20(24)15-6-9-17(10-7-15)25-13-14-4-2-1-3-5-14/h1-12H,13H2,(H,23,24). The van der Waals surface area contributed by atoms with E-state index in [1.807, 2.05) is 36.4 Å². The molecule has 3 rings (SSSR count). The van der Waals surface area contributed by atoms with Crippen molar-refractivity contribution < 1.29 is 9.53 Å². The number of halogens is 2. The van der Waals surface area contributed by atoms with Crippen molar-refractivity contribution in [2.45, 2.75) is 6.61 Å². The fraction of sp³-hybridized carbons (Fsp3) is 0.0500. The first-order valence-electron chi connectivity index (χ1n) is 7.65. The van der Waals surface area contributed by atoms with E-state index in [1.54, 1.807) is 36.4 Å². The monoisotopic (exact) mass is 415 g/mol. The molecule has 5 heteroatoms. The molecule has 0 spiro atoms. The van der Waals surface area contributed by atoms with Crippen LogP contribution in [0.2, 0.25) is 5.02 Å².